The third-order valence-electron chi connectivity index (χ3n) is 2.51. The Bertz CT molecular complexity index is 551. The molecule has 0 bridgehead atoms. The van der Waals surface area contributed by atoms with Crippen molar-refractivity contribution in [2.75, 3.05) is 18.2 Å². The molecule has 0 fully saturated rings. The Morgan fingerprint density at radius 3 is 2.42 bits per heavy atom. The van der Waals surface area contributed by atoms with Crippen LogP contribution in [0.2, 0.25) is 0 Å². The summed E-state index contributed by atoms with van der Waals surface area (Å²) in [6.07, 6.45) is 0. The van der Waals surface area contributed by atoms with Crippen molar-refractivity contribution in [1.82, 2.24) is 0 Å². The van der Waals surface area contributed by atoms with Crippen molar-refractivity contribution < 1.29 is 13.2 Å². The minimum absolute atomic E-state index is 0.0263. The van der Waals surface area contributed by atoms with E-state index < -0.39 is 9.84 Å². The smallest absolute Gasteiger partial charge is 0.155 e. The van der Waals surface area contributed by atoms with Gasteiger partial charge in [-0.05, 0) is 38.1 Å². The lowest BCUT2D eigenvalue weighted by Crippen LogP contribution is -2.21. The van der Waals surface area contributed by atoms with Gasteiger partial charge >= 0.3 is 0 Å². The molecule has 0 heterocycles. The fraction of sp³-hybridized carbons (Fsp3) is 0.429. The van der Waals surface area contributed by atoms with Crippen LogP contribution in [0, 0.1) is 11.8 Å². The van der Waals surface area contributed by atoms with Crippen LogP contribution in [-0.4, -0.2) is 31.9 Å². The monoisotopic (exact) mass is 300 g/mol. The SMILES string of the molecule is CC(C)S(=O)(=O)CCOc1ccc(C#CCCl)cc1. The largest absolute Gasteiger partial charge is 0.493 e. The molecule has 1 aromatic carbocycles. The minimum atomic E-state index is -3.05. The lowest BCUT2D eigenvalue weighted by Gasteiger charge is -2.09. The summed E-state index contributed by atoms with van der Waals surface area (Å²) in [5.74, 6) is 6.60. The predicted octanol–water partition coefficient (Wildman–Crippen LogP) is 2.48. The van der Waals surface area contributed by atoms with Gasteiger partial charge in [-0.2, -0.15) is 0 Å². The van der Waals surface area contributed by atoms with Crippen LogP contribution in [0.15, 0.2) is 24.3 Å². The zero-order valence-electron chi connectivity index (χ0n) is 11.0. The summed E-state index contributed by atoms with van der Waals surface area (Å²) in [7, 11) is -3.05. The van der Waals surface area contributed by atoms with E-state index in [0.717, 1.165) is 5.56 Å². The topological polar surface area (TPSA) is 43.4 Å². The van der Waals surface area contributed by atoms with Crippen molar-refractivity contribution >= 4 is 21.4 Å². The predicted molar refractivity (Wildman–Crippen MR) is 78.5 cm³/mol. The van der Waals surface area contributed by atoms with Gasteiger partial charge < -0.3 is 4.74 Å². The molecule has 1 rings (SSSR count). The lowest BCUT2D eigenvalue weighted by atomic mass is 10.2. The standard InChI is InChI=1S/C14H17ClO3S/c1-12(2)19(16,17)11-10-18-14-7-5-13(6-8-14)4-3-9-15/h5-8,12H,9-11H2,1-2H3. The third-order valence-corrected chi connectivity index (χ3v) is 4.81. The molecule has 0 spiro atoms. The van der Waals surface area contributed by atoms with Gasteiger partial charge in [0.15, 0.2) is 9.84 Å². The van der Waals surface area contributed by atoms with E-state index in [9.17, 15) is 8.42 Å². The number of hydrogen-bond donors (Lipinski definition) is 0. The number of alkyl halides is 1. The third kappa shape index (κ3) is 5.54. The van der Waals surface area contributed by atoms with Crippen LogP contribution in [0.5, 0.6) is 5.75 Å². The van der Waals surface area contributed by atoms with Crippen LogP contribution in [0.25, 0.3) is 0 Å². The molecule has 0 radical (unpaired) electrons. The van der Waals surface area contributed by atoms with Crippen LogP contribution in [0.3, 0.4) is 0 Å². The Balaban J connectivity index is 2.51. The molecule has 0 unspecified atom stereocenters. The molecule has 1 aromatic rings. The molecule has 0 saturated heterocycles. The van der Waals surface area contributed by atoms with Crippen LogP contribution < -0.4 is 4.74 Å². The first kappa shape index (κ1) is 15.9. The average Bonchev–Trinajstić information content (AvgIpc) is 2.37. The number of benzene rings is 1. The van der Waals surface area contributed by atoms with Crippen molar-refractivity contribution in [3.8, 4) is 17.6 Å². The molecule has 0 amide bonds. The summed E-state index contributed by atoms with van der Waals surface area (Å²) >= 11 is 5.46. The Morgan fingerprint density at radius 2 is 1.89 bits per heavy atom. The van der Waals surface area contributed by atoms with Crippen molar-refractivity contribution in [1.29, 1.82) is 0 Å². The van der Waals surface area contributed by atoms with Crippen LogP contribution in [0.4, 0.5) is 0 Å². The summed E-state index contributed by atoms with van der Waals surface area (Å²) in [6, 6.07) is 7.15. The molecular weight excluding hydrogens is 284 g/mol. The fourth-order valence-corrected chi connectivity index (χ4v) is 2.14. The summed E-state index contributed by atoms with van der Waals surface area (Å²) in [6.45, 7) is 3.49. The van der Waals surface area contributed by atoms with E-state index in [-0.39, 0.29) is 17.6 Å². The van der Waals surface area contributed by atoms with Gasteiger partial charge in [0.05, 0.1) is 16.9 Å². The molecule has 19 heavy (non-hydrogen) atoms. The van der Waals surface area contributed by atoms with E-state index >= 15 is 0 Å². The molecule has 0 atom stereocenters. The normalized spacial score (nSPS) is 10.9. The fourth-order valence-electron chi connectivity index (χ4n) is 1.28. The highest BCUT2D eigenvalue weighted by molar-refractivity contribution is 7.91. The average molecular weight is 301 g/mol. The van der Waals surface area contributed by atoms with Crippen LogP contribution in [0.1, 0.15) is 19.4 Å². The highest BCUT2D eigenvalue weighted by Gasteiger charge is 2.15. The molecule has 0 N–H and O–H groups in total. The number of hydrogen-bond acceptors (Lipinski definition) is 3. The van der Waals surface area contributed by atoms with Gasteiger partial charge in [0.25, 0.3) is 0 Å². The van der Waals surface area contributed by atoms with E-state index in [4.69, 9.17) is 16.3 Å². The number of sulfone groups is 1. The van der Waals surface area contributed by atoms with Gasteiger partial charge in [-0.25, -0.2) is 8.42 Å². The van der Waals surface area contributed by atoms with Crippen molar-refractivity contribution in [3.05, 3.63) is 29.8 Å². The van der Waals surface area contributed by atoms with Crippen molar-refractivity contribution in [2.24, 2.45) is 0 Å². The molecule has 0 aliphatic carbocycles. The minimum Gasteiger partial charge on any atom is -0.493 e. The highest BCUT2D eigenvalue weighted by atomic mass is 35.5. The first-order chi connectivity index (χ1) is 8.95. The lowest BCUT2D eigenvalue weighted by molar-refractivity contribution is 0.340. The molecule has 0 aliphatic heterocycles. The van der Waals surface area contributed by atoms with Gasteiger partial charge in [0.2, 0.25) is 0 Å². The highest BCUT2D eigenvalue weighted by Crippen LogP contribution is 2.12. The first-order valence-electron chi connectivity index (χ1n) is 5.95. The molecule has 104 valence electrons. The van der Waals surface area contributed by atoms with E-state index in [1.165, 1.54) is 0 Å². The summed E-state index contributed by atoms with van der Waals surface area (Å²) in [5.41, 5.74) is 0.850. The second-order valence-corrected chi connectivity index (χ2v) is 7.17. The number of rotatable bonds is 5. The zero-order valence-corrected chi connectivity index (χ0v) is 12.6. The van der Waals surface area contributed by atoms with E-state index in [1.54, 1.807) is 26.0 Å². The Hall–Kier alpha value is -1.18. The second kappa shape index (κ2) is 7.42. The molecule has 3 nitrogen and oxygen atoms in total. The molecular formula is C14H17ClO3S. The van der Waals surface area contributed by atoms with Gasteiger partial charge in [-0.3, -0.25) is 0 Å². The molecule has 5 heteroatoms. The summed E-state index contributed by atoms with van der Waals surface area (Å²) in [5, 5.41) is -0.371. The maximum atomic E-state index is 11.6. The number of halogens is 1. The van der Waals surface area contributed by atoms with E-state index in [2.05, 4.69) is 11.8 Å². The van der Waals surface area contributed by atoms with Gasteiger partial charge in [0, 0.05) is 5.56 Å². The summed E-state index contributed by atoms with van der Waals surface area (Å²) < 4.78 is 28.6. The maximum Gasteiger partial charge on any atom is 0.155 e. The molecule has 0 saturated carbocycles. The molecule has 0 aliphatic rings. The zero-order chi connectivity index (χ0) is 14.3. The first-order valence-corrected chi connectivity index (χ1v) is 8.20. The Morgan fingerprint density at radius 1 is 1.26 bits per heavy atom. The quantitative estimate of drug-likeness (QED) is 0.620. The second-order valence-electron chi connectivity index (χ2n) is 4.22. The Labute approximate surface area is 119 Å². The van der Waals surface area contributed by atoms with E-state index in [1.807, 2.05) is 12.1 Å². The maximum absolute atomic E-state index is 11.6. The Kier molecular flexibility index (Phi) is 6.20. The van der Waals surface area contributed by atoms with Crippen molar-refractivity contribution in [3.63, 3.8) is 0 Å². The van der Waals surface area contributed by atoms with Gasteiger partial charge in [-0.1, -0.05) is 11.8 Å². The van der Waals surface area contributed by atoms with E-state index in [0.29, 0.717) is 11.6 Å². The van der Waals surface area contributed by atoms with Crippen LogP contribution in [-0.2, 0) is 9.84 Å². The molecule has 0 aromatic heterocycles. The van der Waals surface area contributed by atoms with Crippen LogP contribution >= 0.6 is 11.6 Å². The van der Waals surface area contributed by atoms with Gasteiger partial charge in [-0.15, -0.1) is 11.6 Å². The summed E-state index contributed by atoms with van der Waals surface area (Å²) in [4.78, 5) is 0. The van der Waals surface area contributed by atoms with Gasteiger partial charge in [0.1, 0.15) is 12.4 Å². The van der Waals surface area contributed by atoms with Crippen molar-refractivity contribution in [2.45, 2.75) is 19.1 Å². The number of ether oxygens (including phenoxy) is 1.